The maximum atomic E-state index is 14.3. The van der Waals surface area contributed by atoms with Crippen molar-refractivity contribution in [2.24, 2.45) is 0 Å². The molecule has 0 N–H and O–H groups in total. The predicted octanol–water partition coefficient (Wildman–Crippen LogP) is 6.93. The number of nitrogens with zero attached hydrogens (tertiary/aromatic N) is 5. The third-order valence-corrected chi connectivity index (χ3v) is 9.14. The van der Waals surface area contributed by atoms with Gasteiger partial charge in [0, 0.05) is 46.1 Å². The van der Waals surface area contributed by atoms with Crippen LogP contribution in [0, 0.1) is 0 Å². The molecule has 192 valence electrons. The highest BCUT2D eigenvalue weighted by atomic mass is 35.5. The zero-order chi connectivity index (χ0) is 26.3. The van der Waals surface area contributed by atoms with Crippen LogP contribution >= 0.6 is 34.7 Å². The topological polar surface area (TPSA) is 63.9 Å². The second-order valence-electron chi connectivity index (χ2n) is 9.24. The van der Waals surface area contributed by atoms with Crippen molar-refractivity contribution in [1.29, 1.82) is 0 Å². The van der Waals surface area contributed by atoms with Crippen LogP contribution in [-0.4, -0.2) is 44.3 Å². The molecule has 0 unspecified atom stereocenters. The molecule has 6 nitrogen and oxygen atoms in total. The molecule has 1 saturated heterocycles. The molecule has 0 atom stereocenters. The number of benzene rings is 3. The van der Waals surface area contributed by atoms with Crippen LogP contribution in [0.1, 0.15) is 0 Å². The van der Waals surface area contributed by atoms with Crippen molar-refractivity contribution in [3.8, 4) is 28.1 Å². The zero-order valence-electron chi connectivity index (χ0n) is 20.8. The molecule has 3 aromatic carbocycles. The molecule has 0 aliphatic carbocycles. The number of halogens is 1. The zero-order valence-corrected chi connectivity index (χ0v) is 23.1. The third-order valence-electron chi connectivity index (χ3n) is 6.89. The standard InChI is InChI=1S/C30H22ClN5OS2/c31-21-11-13-22(14-12-21)36-29(37)27-26(32-30(36)35-15-17-38-18-16-35)24-23(19-7-3-1-4-8-19)25(33-34-28(24)39-27)20-9-5-2-6-10-20/h1-14H,15-18H2. The van der Waals surface area contributed by atoms with E-state index in [1.807, 2.05) is 72.4 Å². The lowest BCUT2D eigenvalue weighted by Gasteiger charge is -2.29. The SMILES string of the molecule is O=c1c2sc3nnc(-c4ccccc4)c(-c4ccccc4)c3c2nc(N2CCSCC2)n1-c1ccc(Cl)cc1. The van der Waals surface area contributed by atoms with E-state index in [1.54, 1.807) is 16.7 Å². The van der Waals surface area contributed by atoms with Gasteiger partial charge in [-0.2, -0.15) is 11.8 Å². The highest BCUT2D eigenvalue weighted by Gasteiger charge is 2.26. The lowest BCUT2D eigenvalue weighted by atomic mass is 9.97. The summed E-state index contributed by atoms with van der Waals surface area (Å²) in [6.45, 7) is 1.64. The number of rotatable bonds is 4. The first-order valence-corrected chi connectivity index (χ1v) is 15.0. The molecule has 0 amide bonds. The molecule has 1 aliphatic rings. The Morgan fingerprint density at radius 1 is 0.795 bits per heavy atom. The number of fused-ring (bicyclic) bond motifs is 3. The van der Waals surface area contributed by atoms with E-state index in [4.69, 9.17) is 16.6 Å². The van der Waals surface area contributed by atoms with Gasteiger partial charge in [0.1, 0.15) is 20.7 Å². The van der Waals surface area contributed by atoms with Crippen LogP contribution in [0.4, 0.5) is 5.95 Å². The largest absolute Gasteiger partial charge is 0.340 e. The van der Waals surface area contributed by atoms with Crippen LogP contribution < -0.4 is 10.5 Å². The van der Waals surface area contributed by atoms with Gasteiger partial charge in [-0.05, 0) is 29.8 Å². The Bertz CT molecular complexity index is 1870. The van der Waals surface area contributed by atoms with Gasteiger partial charge in [0.25, 0.3) is 5.56 Å². The fraction of sp³-hybridized carbons (Fsp3) is 0.133. The Kier molecular flexibility index (Phi) is 6.31. The number of thioether (sulfide) groups is 1. The van der Waals surface area contributed by atoms with Crippen molar-refractivity contribution < 1.29 is 0 Å². The number of aromatic nitrogens is 4. The van der Waals surface area contributed by atoms with Gasteiger partial charge in [-0.25, -0.2) is 9.55 Å². The Balaban J connectivity index is 1.59. The van der Waals surface area contributed by atoms with Crippen LogP contribution in [-0.2, 0) is 0 Å². The van der Waals surface area contributed by atoms with Gasteiger partial charge >= 0.3 is 0 Å². The summed E-state index contributed by atoms with van der Waals surface area (Å²) in [5, 5.41) is 10.8. The quantitative estimate of drug-likeness (QED) is 0.230. The normalized spacial score (nSPS) is 13.8. The molecular weight excluding hydrogens is 546 g/mol. The minimum Gasteiger partial charge on any atom is -0.340 e. The number of thiophene rings is 1. The summed E-state index contributed by atoms with van der Waals surface area (Å²) >= 11 is 9.46. The summed E-state index contributed by atoms with van der Waals surface area (Å²) < 4.78 is 2.28. The first-order valence-electron chi connectivity index (χ1n) is 12.6. The average Bonchev–Trinajstić information content (AvgIpc) is 3.38. The fourth-order valence-electron chi connectivity index (χ4n) is 5.05. The minimum absolute atomic E-state index is 0.112. The minimum atomic E-state index is -0.112. The van der Waals surface area contributed by atoms with Crippen molar-refractivity contribution in [2.45, 2.75) is 0 Å². The molecule has 0 spiro atoms. The van der Waals surface area contributed by atoms with E-state index in [9.17, 15) is 4.79 Å². The van der Waals surface area contributed by atoms with Gasteiger partial charge in [-0.1, -0.05) is 72.3 Å². The first kappa shape index (κ1) is 24.3. The molecule has 7 rings (SSSR count). The molecule has 39 heavy (non-hydrogen) atoms. The van der Waals surface area contributed by atoms with Crippen molar-refractivity contribution in [1.82, 2.24) is 19.7 Å². The van der Waals surface area contributed by atoms with E-state index in [2.05, 4.69) is 27.2 Å². The molecule has 0 saturated carbocycles. The van der Waals surface area contributed by atoms with E-state index in [1.165, 1.54) is 11.3 Å². The summed E-state index contributed by atoms with van der Waals surface area (Å²) in [6, 6.07) is 27.6. The summed E-state index contributed by atoms with van der Waals surface area (Å²) in [6.07, 6.45) is 0. The van der Waals surface area contributed by atoms with Crippen LogP contribution in [0.3, 0.4) is 0 Å². The molecule has 4 heterocycles. The average molecular weight is 568 g/mol. The van der Waals surface area contributed by atoms with Gasteiger partial charge in [-0.15, -0.1) is 21.5 Å². The van der Waals surface area contributed by atoms with Crippen LogP contribution in [0.5, 0.6) is 0 Å². The Morgan fingerprint density at radius 3 is 2.15 bits per heavy atom. The van der Waals surface area contributed by atoms with E-state index in [0.717, 1.165) is 58.1 Å². The Hall–Kier alpha value is -3.72. The third kappa shape index (κ3) is 4.29. The Morgan fingerprint density at radius 2 is 1.46 bits per heavy atom. The molecular formula is C30H22ClN5OS2. The van der Waals surface area contributed by atoms with Gasteiger partial charge < -0.3 is 4.90 Å². The number of anilines is 1. The van der Waals surface area contributed by atoms with Gasteiger partial charge in [0.2, 0.25) is 5.95 Å². The van der Waals surface area contributed by atoms with Gasteiger partial charge in [0.15, 0.2) is 0 Å². The predicted molar refractivity (Wildman–Crippen MR) is 164 cm³/mol. The monoisotopic (exact) mass is 567 g/mol. The summed E-state index contributed by atoms with van der Waals surface area (Å²) in [4.78, 5) is 22.4. The lowest BCUT2D eigenvalue weighted by Crippen LogP contribution is -2.37. The maximum absolute atomic E-state index is 14.3. The second kappa shape index (κ2) is 10.1. The highest BCUT2D eigenvalue weighted by molar-refractivity contribution is 7.99. The number of hydrogen-bond donors (Lipinski definition) is 0. The molecule has 3 aromatic heterocycles. The van der Waals surface area contributed by atoms with Crippen LogP contribution in [0.15, 0.2) is 89.7 Å². The highest BCUT2D eigenvalue weighted by Crippen LogP contribution is 2.42. The van der Waals surface area contributed by atoms with E-state index in [-0.39, 0.29) is 5.56 Å². The second-order valence-corrected chi connectivity index (χ2v) is 11.9. The molecule has 0 radical (unpaired) electrons. The lowest BCUT2D eigenvalue weighted by molar-refractivity contribution is 0.783. The van der Waals surface area contributed by atoms with Crippen molar-refractivity contribution in [2.75, 3.05) is 29.5 Å². The van der Waals surface area contributed by atoms with E-state index in [0.29, 0.717) is 26.0 Å². The Labute approximate surface area is 237 Å². The molecule has 6 aromatic rings. The smallest absolute Gasteiger partial charge is 0.277 e. The number of hydrogen-bond acceptors (Lipinski definition) is 7. The van der Waals surface area contributed by atoms with E-state index >= 15 is 0 Å². The van der Waals surface area contributed by atoms with Crippen LogP contribution in [0.25, 0.3) is 48.5 Å². The molecule has 1 fully saturated rings. The van der Waals surface area contributed by atoms with Crippen molar-refractivity contribution in [3.63, 3.8) is 0 Å². The van der Waals surface area contributed by atoms with Gasteiger partial charge in [0.05, 0.1) is 5.69 Å². The van der Waals surface area contributed by atoms with Crippen molar-refractivity contribution >= 4 is 61.1 Å². The summed E-state index contributed by atoms with van der Waals surface area (Å²) in [5.41, 5.74) is 4.98. The first-order chi connectivity index (χ1) is 19.2. The summed E-state index contributed by atoms with van der Waals surface area (Å²) in [7, 11) is 0. The van der Waals surface area contributed by atoms with E-state index < -0.39 is 0 Å². The fourth-order valence-corrected chi connectivity index (χ4v) is 7.07. The molecule has 1 aliphatic heterocycles. The molecule has 0 bridgehead atoms. The molecule has 9 heteroatoms. The van der Waals surface area contributed by atoms with Crippen LogP contribution in [0.2, 0.25) is 5.02 Å². The van der Waals surface area contributed by atoms with Crippen molar-refractivity contribution in [3.05, 3.63) is 100 Å². The van der Waals surface area contributed by atoms with Gasteiger partial charge in [-0.3, -0.25) is 4.79 Å². The maximum Gasteiger partial charge on any atom is 0.277 e. The summed E-state index contributed by atoms with van der Waals surface area (Å²) in [5.74, 6) is 2.61.